The summed E-state index contributed by atoms with van der Waals surface area (Å²) in [5, 5.41) is 12.5. The summed E-state index contributed by atoms with van der Waals surface area (Å²) in [6, 6.07) is 19.2. The van der Waals surface area contributed by atoms with Crippen molar-refractivity contribution in [1.29, 1.82) is 0 Å². The summed E-state index contributed by atoms with van der Waals surface area (Å²) in [7, 11) is 0. The molecular weight excluding hydrogens is 338 g/mol. The Bertz CT molecular complexity index is 1180. The Morgan fingerprint density at radius 2 is 1.81 bits per heavy atom. The van der Waals surface area contributed by atoms with E-state index in [2.05, 4.69) is 0 Å². The minimum atomic E-state index is -0.965. The number of aromatic nitrogens is 1. The van der Waals surface area contributed by atoms with Gasteiger partial charge in [0.1, 0.15) is 5.75 Å². The van der Waals surface area contributed by atoms with Gasteiger partial charge in [-0.15, -0.1) is 0 Å². The summed E-state index contributed by atoms with van der Waals surface area (Å²) < 4.78 is 5.85. The van der Waals surface area contributed by atoms with Crippen LogP contribution in [0.1, 0.15) is 22.8 Å². The smallest absolute Gasteiger partial charge is 0.336 e. The highest BCUT2D eigenvalue weighted by molar-refractivity contribution is 6.06. The lowest BCUT2D eigenvalue weighted by atomic mass is 9.97. The van der Waals surface area contributed by atoms with E-state index in [1.54, 1.807) is 12.1 Å². The SMILES string of the molecule is CCOc1ccc2ccccc2c1-c1cc(C(=O)O)c2cccc(C)c2n1. The van der Waals surface area contributed by atoms with Gasteiger partial charge in [0.15, 0.2) is 0 Å². The third kappa shape index (κ3) is 2.89. The van der Waals surface area contributed by atoms with E-state index in [1.807, 2.05) is 62.4 Å². The first-order chi connectivity index (χ1) is 13.1. The number of hydrogen-bond acceptors (Lipinski definition) is 3. The molecule has 0 aliphatic rings. The van der Waals surface area contributed by atoms with E-state index < -0.39 is 5.97 Å². The maximum atomic E-state index is 11.9. The van der Waals surface area contributed by atoms with E-state index in [0.717, 1.165) is 21.9 Å². The second-order valence-electron chi connectivity index (χ2n) is 6.42. The number of aryl methyl sites for hydroxylation is 1. The van der Waals surface area contributed by atoms with Crippen LogP contribution in [-0.4, -0.2) is 22.7 Å². The van der Waals surface area contributed by atoms with Gasteiger partial charge in [0.25, 0.3) is 0 Å². The first-order valence-electron chi connectivity index (χ1n) is 8.88. The van der Waals surface area contributed by atoms with Crippen molar-refractivity contribution in [3.63, 3.8) is 0 Å². The normalized spacial score (nSPS) is 11.0. The molecule has 1 heterocycles. The molecule has 0 saturated carbocycles. The quantitative estimate of drug-likeness (QED) is 0.527. The molecule has 1 aromatic heterocycles. The molecule has 0 amide bonds. The lowest BCUT2D eigenvalue weighted by molar-refractivity contribution is 0.0699. The molecule has 4 aromatic rings. The Kier molecular flexibility index (Phi) is 4.24. The number of para-hydroxylation sites is 1. The van der Waals surface area contributed by atoms with Gasteiger partial charge in [0.05, 0.1) is 28.9 Å². The van der Waals surface area contributed by atoms with Crippen LogP contribution in [0.3, 0.4) is 0 Å². The number of nitrogens with zero attached hydrogens (tertiary/aromatic N) is 1. The number of aromatic carboxylic acids is 1. The molecule has 134 valence electrons. The van der Waals surface area contributed by atoms with E-state index in [4.69, 9.17) is 9.72 Å². The van der Waals surface area contributed by atoms with Gasteiger partial charge in [-0.1, -0.05) is 48.5 Å². The Labute approximate surface area is 157 Å². The first-order valence-corrected chi connectivity index (χ1v) is 8.88. The molecule has 3 aromatic carbocycles. The Hall–Kier alpha value is -3.40. The van der Waals surface area contributed by atoms with Crippen LogP contribution >= 0.6 is 0 Å². The van der Waals surface area contributed by atoms with Crippen molar-refractivity contribution in [3.05, 3.63) is 71.8 Å². The molecule has 4 nitrogen and oxygen atoms in total. The average molecular weight is 357 g/mol. The molecule has 0 atom stereocenters. The second-order valence-corrected chi connectivity index (χ2v) is 6.42. The van der Waals surface area contributed by atoms with Crippen molar-refractivity contribution in [3.8, 4) is 17.0 Å². The standard InChI is InChI=1S/C23H19NO3/c1-3-27-20-12-11-15-8-4-5-9-16(15)21(20)19-13-18(23(25)26)17-10-6-7-14(2)22(17)24-19/h4-13H,3H2,1-2H3,(H,25,26). The summed E-state index contributed by atoms with van der Waals surface area (Å²) in [6.07, 6.45) is 0. The van der Waals surface area contributed by atoms with E-state index in [9.17, 15) is 9.90 Å². The van der Waals surface area contributed by atoms with Gasteiger partial charge in [-0.25, -0.2) is 9.78 Å². The van der Waals surface area contributed by atoms with Crippen molar-refractivity contribution in [1.82, 2.24) is 4.98 Å². The average Bonchev–Trinajstić information content (AvgIpc) is 2.67. The minimum absolute atomic E-state index is 0.245. The van der Waals surface area contributed by atoms with Crippen LogP contribution in [0.15, 0.2) is 60.7 Å². The molecule has 0 unspecified atom stereocenters. The van der Waals surface area contributed by atoms with Crippen molar-refractivity contribution < 1.29 is 14.6 Å². The summed E-state index contributed by atoms with van der Waals surface area (Å²) in [4.78, 5) is 16.8. The maximum Gasteiger partial charge on any atom is 0.336 e. The number of fused-ring (bicyclic) bond motifs is 2. The summed E-state index contributed by atoms with van der Waals surface area (Å²) in [5.74, 6) is -0.264. The third-order valence-corrected chi connectivity index (χ3v) is 4.72. The fourth-order valence-corrected chi connectivity index (χ4v) is 3.49. The van der Waals surface area contributed by atoms with Gasteiger partial charge >= 0.3 is 5.97 Å². The van der Waals surface area contributed by atoms with Crippen molar-refractivity contribution in [2.75, 3.05) is 6.61 Å². The van der Waals surface area contributed by atoms with Gasteiger partial charge in [0.2, 0.25) is 0 Å². The van der Waals surface area contributed by atoms with Crippen molar-refractivity contribution in [2.24, 2.45) is 0 Å². The lowest BCUT2D eigenvalue weighted by Crippen LogP contribution is -2.02. The number of carboxylic acid groups (broad SMARTS) is 1. The number of ether oxygens (including phenoxy) is 1. The van der Waals surface area contributed by atoms with Crippen LogP contribution in [0.25, 0.3) is 32.9 Å². The Morgan fingerprint density at radius 3 is 2.59 bits per heavy atom. The Balaban J connectivity index is 2.12. The predicted octanol–water partition coefficient (Wildman–Crippen LogP) is 5.46. The van der Waals surface area contributed by atoms with Crippen molar-refractivity contribution in [2.45, 2.75) is 13.8 Å². The van der Waals surface area contributed by atoms with Crippen LogP contribution in [0.4, 0.5) is 0 Å². The van der Waals surface area contributed by atoms with E-state index in [-0.39, 0.29) is 5.56 Å². The van der Waals surface area contributed by atoms with Crippen LogP contribution in [0.2, 0.25) is 0 Å². The fraction of sp³-hybridized carbons (Fsp3) is 0.130. The highest BCUT2D eigenvalue weighted by Crippen LogP contribution is 2.38. The fourth-order valence-electron chi connectivity index (χ4n) is 3.49. The van der Waals surface area contributed by atoms with Gasteiger partial charge in [-0.05, 0) is 42.3 Å². The van der Waals surface area contributed by atoms with Crippen LogP contribution in [-0.2, 0) is 0 Å². The highest BCUT2D eigenvalue weighted by Gasteiger charge is 2.18. The zero-order valence-electron chi connectivity index (χ0n) is 15.2. The summed E-state index contributed by atoms with van der Waals surface area (Å²) in [6.45, 7) is 4.39. The topological polar surface area (TPSA) is 59.4 Å². The molecule has 0 aliphatic carbocycles. The molecule has 4 heteroatoms. The van der Waals surface area contributed by atoms with Gasteiger partial charge in [-0.2, -0.15) is 0 Å². The zero-order chi connectivity index (χ0) is 19.0. The van der Waals surface area contributed by atoms with E-state index in [1.165, 1.54) is 0 Å². The molecule has 4 rings (SSSR count). The number of hydrogen-bond donors (Lipinski definition) is 1. The number of pyridine rings is 1. The molecule has 1 N–H and O–H groups in total. The van der Waals surface area contributed by atoms with E-state index in [0.29, 0.717) is 29.0 Å². The molecule has 0 aliphatic heterocycles. The monoisotopic (exact) mass is 357 g/mol. The first kappa shape index (κ1) is 17.0. The lowest BCUT2D eigenvalue weighted by Gasteiger charge is -2.15. The van der Waals surface area contributed by atoms with Gasteiger partial charge < -0.3 is 9.84 Å². The minimum Gasteiger partial charge on any atom is -0.493 e. The second kappa shape index (κ2) is 6.72. The number of carbonyl (C=O) groups is 1. The molecule has 0 bridgehead atoms. The number of rotatable bonds is 4. The molecule has 27 heavy (non-hydrogen) atoms. The van der Waals surface area contributed by atoms with Gasteiger partial charge in [0, 0.05) is 5.39 Å². The molecule has 0 spiro atoms. The van der Waals surface area contributed by atoms with Crippen LogP contribution in [0.5, 0.6) is 5.75 Å². The van der Waals surface area contributed by atoms with Crippen LogP contribution in [0, 0.1) is 6.92 Å². The summed E-state index contributed by atoms with van der Waals surface area (Å²) in [5.41, 5.74) is 3.31. The Morgan fingerprint density at radius 1 is 1.04 bits per heavy atom. The number of benzene rings is 3. The number of carboxylic acids is 1. The largest absolute Gasteiger partial charge is 0.493 e. The van der Waals surface area contributed by atoms with Crippen molar-refractivity contribution >= 4 is 27.6 Å². The van der Waals surface area contributed by atoms with Gasteiger partial charge in [-0.3, -0.25) is 0 Å². The molecule has 0 radical (unpaired) electrons. The van der Waals surface area contributed by atoms with Crippen LogP contribution < -0.4 is 4.74 Å². The maximum absolute atomic E-state index is 11.9. The molecular formula is C23H19NO3. The van der Waals surface area contributed by atoms with E-state index >= 15 is 0 Å². The zero-order valence-corrected chi connectivity index (χ0v) is 15.2. The molecule has 0 fully saturated rings. The third-order valence-electron chi connectivity index (χ3n) is 4.72. The highest BCUT2D eigenvalue weighted by atomic mass is 16.5. The molecule has 0 saturated heterocycles. The predicted molar refractivity (Wildman–Crippen MR) is 108 cm³/mol. The summed E-state index contributed by atoms with van der Waals surface area (Å²) >= 11 is 0.